The summed E-state index contributed by atoms with van der Waals surface area (Å²) in [6, 6.07) is 12.5. The Hall–Kier alpha value is -3.20. The highest BCUT2D eigenvalue weighted by Crippen LogP contribution is 2.24. The van der Waals surface area contributed by atoms with Crippen molar-refractivity contribution in [2.45, 2.75) is 25.5 Å². The fourth-order valence-electron chi connectivity index (χ4n) is 2.72. The molecule has 7 nitrogen and oxygen atoms in total. The first-order valence-electron chi connectivity index (χ1n) is 9.40. The van der Waals surface area contributed by atoms with E-state index in [2.05, 4.69) is 15.5 Å². The molecule has 156 valence electrons. The number of thioether (sulfide) groups is 1. The van der Waals surface area contributed by atoms with Gasteiger partial charge in [-0.25, -0.2) is 9.18 Å². The van der Waals surface area contributed by atoms with Crippen LogP contribution in [0, 0.1) is 5.82 Å². The first-order chi connectivity index (χ1) is 14.5. The highest BCUT2D eigenvalue weighted by molar-refractivity contribution is 7.99. The molecule has 0 saturated carbocycles. The van der Waals surface area contributed by atoms with Gasteiger partial charge in [0.25, 0.3) is 0 Å². The van der Waals surface area contributed by atoms with Crippen molar-refractivity contribution in [3.63, 3.8) is 0 Å². The molecule has 1 amide bonds. The van der Waals surface area contributed by atoms with E-state index in [9.17, 15) is 14.0 Å². The van der Waals surface area contributed by atoms with Crippen molar-refractivity contribution in [1.29, 1.82) is 0 Å². The van der Waals surface area contributed by atoms with Crippen LogP contribution in [0.15, 0.2) is 53.7 Å². The first-order valence-corrected chi connectivity index (χ1v) is 10.4. The van der Waals surface area contributed by atoms with E-state index in [1.165, 1.54) is 23.9 Å². The van der Waals surface area contributed by atoms with Gasteiger partial charge in [-0.2, -0.15) is 0 Å². The largest absolute Gasteiger partial charge is 0.462 e. The van der Waals surface area contributed by atoms with Crippen molar-refractivity contribution >= 4 is 29.3 Å². The number of carbonyl (C=O) groups excluding carboxylic acids is 2. The summed E-state index contributed by atoms with van der Waals surface area (Å²) >= 11 is 1.26. The van der Waals surface area contributed by atoms with Crippen LogP contribution in [0.1, 0.15) is 24.2 Å². The zero-order valence-electron chi connectivity index (χ0n) is 16.6. The molecule has 0 bridgehead atoms. The van der Waals surface area contributed by atoms with Gasteiger partial charge >= 0.3 is 5.97 Å². The Balaban J connectivity index is 1.61. The van der Waals surface area contributed by atoms with Crippen LogP contribution in [0.3, 0.4) is 0 Å². The number of hydrogen-bond donors (Lipinski definition) is 1. The Kier molecular flexibility index (Phi) is 7.18. The van der Waals surface area contributed by atoms with Crippen LogP contribution in [0.2, 0.25) is 0 Å². The summed E-state index contributed by atoms with van der Waals surface area (Å²) in [5, 5.41) is 11.7. The number of anilines is 1. The molecule has 2 aromatic carbocycles. The molecule has 1 aromatic heterocycles. The lowest BCUT2D eigenvalue weighted by Crippen LogP contribution is -2.15. The molecule has 3 rings (SSSR count). The fourth-order valence-corrected chi connectivity index (χ4v) is 3.53. The monoisotopic (exact) mass is 428 g/mol. The second kappa shape index (κ2) is 10.0. The van der Waals surface area contributed by atoms with Gasteiger partial charge in [0.2, 0.25) is 5.91 Å². The Morgan fingerprint density at radius 1 is 1.07 bits per heavy atom. The van der Waals surface area contributed by atoms with Crippen molar-refractivity contribution in [3.8, 4) is 11.4 Å². The minimum atomic E-state index is -0.401. The quantitative estimate of drug-likeness (QED) is 0.431. The molecule has 3 aromatic rings. The number of nitrogens with zero attached hydrogens (tertiary/aromatic N) is 3. The van der Waals surface area contributed by atoms with Crippen LogP contribution >= 0.6 is 11.8 Å². The van der Waals surface area contributed by atoms with E-state index in [4.69, 9.17) is 4.74 Å². The summed E-state index contributed by atoms with van der Waals surface area (Å²) in [5.41, 5.74) is 1.76. The highest BCUT2D eigenvalue weighted by Gasteiger charge is 2.15. The van der Waals surface area contributed by atoms with Gasteiger partial charge < -0.3 is 14.6 Å². The minimum absolute atomic E-state index is 0.140. The maximum Gasteiger partial charge on any atom is 0.338 e. The lowest BCUT2D eigenvalue weighted by molar-refractivity contribution is -0.113. The molecule has 30 heavy (non-hydrogen) atoms. The Morgan fingerprint density at radius 2 is 1.77 bits per heavy atom. The summed E-state index contributed by atoms with van der Waals surface area (Å²) in [5.74, 6) is -0.168. The minimum Gasteiger partial charge on any atom is -0.462 e. The maximum absolute atomic E-state index is 13.2. The molecule has 0 atom stereocenters. The van der Waals surface area contributed by atoms with Crippen LogP contribution in [0.5, 0.6) is 0 Å². The van der Waals surface area contributed by atoms with E-state index in [-0.39, 0.29) is 17.5 Å². The van der Waals surface area contributed by atoms with Gasteiger partial charge in [0.15, 0.2) is 11.0 Å². The second-order valence-corrected chi connectivity index (χ2v) is 7.13. The standard InChI is InChI=1S/C21H21FN4O3S/c1-3-26-19(14-5-9-16(22)10-6-14)24-25-21(26)30-13-18(27)23-17-11-7-15(8-12-17)20(28)29-4-2/h5-12H,3-4,13H2,1-2H3,(H,23,27). The second-order valence-electron chi connectivity index (χ2n) is 6.19. The van der Waals surface area contributed by atoms with E-state index in [0.717, 1.165) is 5.56 Å². The lowest BCUT2D eigenvalue weighted by atomic mass is 10.2. The number of halogens is 1. The van der Waals surface area contributed by atoms with Gasteiger partial charge in [0, 0.05) is 17.8 Å². The topological polar surface area (TPSA) is 86.1 Å². The fraction of sp³-hybridized carbons (Fsp3) is 0.238. The highest BCUT2D eigenvalue weighted by atomic mass is 32.2. The molecule has 1 N–H and O–H groups in total. The summed E-state index contributed by atoms with van der Waals surface area (Å²) in [4.78, 5) is 24.0. The molecule has 1 heterocycles. The van der Waals surface area contributed by atoms with Crippen molar-refractivity contribution in [2.75, 3.05) is 17.7 Å². The Labute approximate surface area is 177 Å². The molecule has 0 radical (unpaired) electrons. The van der Waals surface area contributed by atoms with Crippen molar-refractivity contribution < 1.29 is 18.7 Å². The average Bonchev–Trinajstić information content (AvgIpc) is 3.16. The molecule has 0 saturated heterocycles. The lowest BCUT2D eigenvalue weighted by Gasteiger charge is -2.08. The molecular formula is C21H21FN4O3S. The predicted octanol–water partition coefficient (Wildman–Crippen LogP) is 4.01. The van der Waals surface area contributed by atoms with Gasteiger partial charge in [0.1, 0.15) is 5.82 Å². The van der Waals surface area contributed by atoms with E-state index >= 15 is 0 Å². The number of amides is 1. The van der Waals surface area contributed by atoms with Crippen LogP contribution in [-0.4, -0.2) is 39.0 Å². The summed E-state index contributed by atoms with van der Waals surface area (Å²) in [6.07, 6.45) is 0. The molecule has 0 spiro atoms. The molecule has 0 aliphatic heterocycles. The van der Waals surface area contributed by atoms with Crippen LogP contribution in [0.25, 0.3) is 11.4 Å². The summed E-state index contributed by atoms with van der Waals surface area (Å²) < 4.78 is 20.0. The molecule has 0 fully saturated rings. The third-order valence-electron chi connectivity index (χ3n) is 4.15. The normalized spacial score (nSPS) is 10.6. The number of benzene rings is 2. The number of rotatable bonds is 8. The predicted molar refractivity (Wildman–Crippen MR) is 113 cm³/mol. The van der Waals surface area contributed by atoms with E-state index < -0.39 is 5.97 Å². The Bertz CT molecular complexity index is 1020. The molecule has 0 unspecified atom stereocenters. The van der Waals surface area contributed by atoms with E-state index in [0.29, 0.717) is 35.4 Å². The Morgan fingerprint density at radius 3 is 2.40 bits per heavy atom. The zero-order valence-corrected chi connectivity index (χ0v) is 17.4. The summed E-state index contributed by atoms with van der Waals surface area (Å²) in [7, 11) is 0. The summed E-state index contributed by atoms with van der Waals surface area (Å²) in [6.45, 7) is 4.61. The maximum atomic E-state index is 13.2. The number of aromatic nitrogens is 3. The smallest absolute Gasteiger partial charge is 0.338 e. The number of hydrogen-bond acceptors (Lipinski definition) is 6. The SMILES string of the molecule is CCOC(=O)c1ccc(NC(=O)CSc2nnc(-c3ccc(F)cc3)n2CC)cc1. The molecular weight excluding hydrogens is 407 g/mol. The van der Waals surface area contributed by atoms with Gasteiger partial charge in [-0.15, -0.1) is 10.2 Å². The van der Waals surface area contributed by atoms with Crippen LogP contribution < -0.4 is 5.32 Å². The first kappa shape index (κ1) is 21.5. The van der Waals surface area contributed by atoms with Crippen LogP contribution in [-0.2, 0) is 16.1 Å². The number of ether oxygens (including phenoxy) is 1. The molecule has 0 aliphatic rings. The van der Waals surface area contributed by atoms with Crippen LogP contribution in [0.4, 0.5) is 10.1 Å². The third-order valence-corrected chi connectivity index (χ3v) is 5.11. The molecule has 9 heteroatoms. The van der Waals surface area contributed by atoms with Crippen molar-refractivity contribution in [1.82, 2.24) is 14.8 Å². The van der Waals surface area contributed by atoms with Gasteiger partial charge in [-0.3, -0.25) is 4.79 Å². The van der Waals surface area contributed by atoms with Crippen molar-refractivity contribution in [2.24, 2.45) is 0 Å². The van der Waals surface area contributed by atoms with Gasteiger partial charge in [-0.1, -0.05) is 11.8 Å². The third kappa shape index (κ3) is 5.24. The van der Waals surface area contributed by atoms with E-state index in [1.54, 1.807) is 43.3 Å². The average molecular weight is 428 g/mol. The van der Waals surface area contributed by atoms with Crippen molar-refractivity contribution in [3.05, 3.63) is 59.9 Å². The zero-order chi connectivity index (χ0) is 21.5. The number of carbonyl (C=O) groups is 2. The van der Waals surface area contributed by atoms with Gasteiger partial charge in [0.05, 0.1) is 17.9 Å². The van der Waals surface area contributed by atoms with Gasteiger partial charge in [-0.05, 0) is 62.4 Å². The number of nitrogens with one attached hydrogen (secondary N) is 1. The van der Waals surface area contributed by atoms with E-state index in [1.807, 2.05) is 11.5 Å². The molecule has 0 aliphatic carbocycles. The number of esters is 1.